The predicted molar refractivity (Wildman–Crippen MR) is 171 cm³/mol. The number of carboxylic acids is 1. The number of hydrogen-bond donors (Lipinski definition) is 1. The van der Waals surface area contributed by atoms with Gasteiger partial charge in [0.2, 0.25) is 11.6 Å². The van der Waals surface area contributed by atoms with Crippen molar-refractivity contribution in [1.82, 2.24) is 14.8 Å². The molecule has 0 aliphatic rings. The summed E-state index contributed by atoms with van der Waals surface area (Å²) in [5.74, 6) is 2.10. The van der Waals surface area contributed by atoms with Gasteiger partial charge >= 0.3 is 13.6 Å². The van der Waals surface area contributed by atoms with E-state index in [1.54, 1.807) is 49.9 Å². The standard InChI is InChI=1S/C33H34N3O10P/c1-5-43-47(39,44-6-2)17-16-24-19-36(25-10-8-7-9-11-25)35-31(24)42-20-23-12-13-27(30(18-23)40-4)41-21-26-22(3)45-32(34-26)28-14-15-29(46-28)33(37)38/h7-19H,5-6,20-21H2,1-4H3,(H,37,38)/b17-16+. The molecule has 0 saturated heterocycles. The number of aromatic carboxylic acids is 1. The van der Waals surface area contributed by atoms with Gasteiger partial charge in [-0.15, -0.1) is 5.10 Å². The van der Waals surface area contributed by atoms with Crippen molar-refractivity contribution in [2.45, 2.75) is 34.0 Å². The van der Waals surface area contributed by atoms with Gasteiger partial charge in [-0.3, -0.25) is 4.57 Å². The van der Waals surface area contributed by atoms with Gasteiger partial charge in [-0.25, -0.2) is 14.5 Å². The van der Waals surface area contributed by atoms with Crippen LogP contribution >= 0.6 is 7.60 Å². The summed E-state index contributed by atoms with van der Waals surface area (Å²) in [6.45, 7) is 5.89. The second-order valence-electron chi connectivity index (χ2n) is 9.91. The van der Waals surface area contributed by atoms with Crippen LogP contribution in [-0.4, -0.2) is 46.2 Å². The fraction of sp³-hybridized carbons (Fsp3) is 0.242. The zero-order valence-electron chi connectivity index (χ0n) is 26.2. The van der Waals surface area contributed by atoms with Crippen LogP contribution in [0, 0.1) is 6.92 Å². The third kappa shape index (κ3) is 8.20. The third-order valence-corrected chi connectivity index (χ3v) is 8.42. The summed E-state index contributed by atoms with van der Waals surface area (Å²) in [6.07, 6.45) is 3.40. The summed E-state index contributed by atoms with van der Waals surface area (Å²) >= 11 is 0. The molecular weight excluding hydrogens is 629 g/mol. The van der Waals surface area contributed by atoms with E-state index < -0.39 is 13.6 Å². The van der Waals surface area contributed by atoms with Crippen molar-refractivity contribution < 1.29 is 46.6 Å². The number of methoxy groups -OCH3 is 1. The molecule has 0 amide bonds. The molecule has 5 aromatic rings. The Morgan fingerprint density at radius 2 is 1.74 bits per heavy atom. The molecule has 0 saturated carbocycles. The van der Waals surface area contributed by atoms with Gasteiger partial charge in [0, 0.05) is 12.0 Å². The summed E-state index contributed by atoms with van der Waals surface area (Å²) in [4.78, 5) is 15.5. The molecule has 47 heavy (non-hydrogen) atoms. The van der Waals surface area contributed by atoms with Crippen molar-refractivity contribution in [3.63, 3.8) is 0 Å². The van der Waals surface area contributed by atoms with Crippen molar-refractivity contribution in [2.75, 3.05) is 20.3 Å². The largest absolute Gasteiger partial charge is 0.493 e. The highest BCUT2D eigenvalue weighted by molar-refractivity contribution is 7.57. The first-order chi connectivity index (χ1) is 22.7. The number of rotatable bonds is 16. The second kappa shape index (κ2) is 15.0. The van der Waals surface area contributed by atoms with Crippen LogP contribution in [0.2, 0.25) is 0 Å². The fourth-order valence-electron chi connectivity index (χ4n) is 4.42. The maximum atomic E-state index is 13.1. The molecule has 0 fully saturated rings. The van der Waals surface area contributed by atoms with E-state index >= 15 is 0 Å². The molecule has 1 N–H and O–H groups in total. The molecule has 0 atom stereocenters. The maximum Gasteiger partial charge on any atom is 0.371 e. The molecule has 0 radical (unpaired) electrons. The minimum Gasteiger partial charge on any atom is -0.493 e. The molecule has 14 heteroatoms. The monoisotopic (exact) mass is 663 g/mol. The number of aryl methyl sites for hydroxylation is 1. The number of para-hydroxylation sites is 1. The number of nitrogens with zero attached hydrogens (tertiary/aromatic N) is 3. The average molecular weight is 664 g/mol. The Hall–Kier alpha value is -5.10. The highest BCUT2D eigenvalue weighted by atomic mass is 31.2. The summed E-state index contributed by atoms with van der Waals surface area (Å²) < 4.78 is 54.2. The highest BCUT2D eigenvalue weighted by Gasteiger charge is 2.21. The molecule has 0 bridgehead atoms. The van der Waals surface area contributed by atoms with Gasteiger partial charge in [0.1, 0.15) is 24.7 Å². The molecule has 0 spiro atoms. The lowest BCUT2D eigenvalue weighted by Crippen LogP contribution is -2.02. The lowest BCUT2D eigenvalue weighted by Gasteiger charge is -2.13. The number of ether oxygens (including phenoxy) is 3. The lowest BCUT2D eigenvalue weighted by atomic mass is 10.2. The van der Waals surface area contributed by atoms with Gasteiger partial charge in [-0.2, -0.15) is 0 Å². The maximum absolute atomic E-state index is 13.1. The van der Waals surface area contributed by atoms with Gasteiger partial charge in [-0.05, 0) is 68.8 Å². The quantitative estimate of drug-likeness (QED) is 0.104. The van der Waals surface area contributed by atoms with E-state index in [4.69, 9.17) is 37.2 Å². The Labute approximate surface area is 270 Å². The number of oxazole rings is 1. The van der Waals surface area contributed by atoms with Gasteiger partial charge in [0.05, 0.1) is 31.6 Å². The van der Waals surface area contributed by atoms with E-state index in [2.05, 4.69) is 10.1 Å². The molecule has 0 aliphatic carbocycles. The average Bonchev–Trinajstić information content (AvgIpc) is 3.81. The minimum atomic E-state index is -3.45. The van der Waals surface area contributed by atoms with Crippen molar-refractivity contribution in [2.24, 2.45) is 0 Å². The summed E-state index contributed by atoms with van der Waals surface area (Å²) in [5.41, 5.74) is 2.69. The topological polar surface area (TPSA) is 158 Å². The molecule has 0 aliphatic heterocycles. The van der Waals surface area contributed by atoms with Crippen molar-refractivity contribution in [3.05, 3.63) is 101 Å². The summed E-state index contributed by atoms with van der Waals surface area (Å²) in [5, 5.41) is 13.7. The van der Waals surface area contributed by atoms with Crippen LogP contribution in [0.1, 0.15) is 47.0 Å². The molecule has 5 rings (SSSR count). The Kier molecular flexibility index (Phi) is 10.6. The van der Waals surface area contributed by atoms with Crippen molar-refractivity contribution >= 4 is 19.6 Å². The van der Waals surface area contributed by atoms with Crippen LogP contribution in [0.5, 0.6) is 17.4 Å². The SMILES string of the molecule is CCOP(=O)(/C=C/c1cn(-c2ccccc2)nc1OCc1ccc(OCc2nc(-c3ccc(C(=O)O)o3)oc2C)c(OC)c1)OCC. The van der Waals surface area contributed by atoms with Gasteiger partial charge < -0.3 is 37.2 Å². The number of aromatic nitrogens is 3. The Bertz CT molecular complexity index is 1880. The Morgan fingerprint density at radius 3 is 2.43 bits per heavy atom. The number of furan rings is 1. The molecule has 0 unspecified atom stereocenters. The minimum absolute atomic E-state index is 0.0635. The van der Waals surface area contributed by atoms with Crippen LogP contribution in [0.15, 0.2) is 81.5 Å². The van der Waals surface area contributed by atoms with Crippen LogP contribution in [-0.2, 0) is 26.8 Å². The van der Waals surface area contributed by atoms with E-state index in [1.807, 2.05) is 36.4 Å². The van der Waals surface area contributed by atoms with E-state index in [0.29, 0.717) is 34.4 Å². The van der Waals surface area contributed by atoms with Gasteiger partial charge in [-0.1, -0.05) is 24.3 Å². The van der Waals surface area contributed by atoms with Crippen LogP contribution < -0.4 is 14.2 Å². The van der Waals surface area contributed by atoms with E-state index in [9.17, 15) is 9.36 Å². The lowest BCUT2D eigenvalue weighted by molar-refractivity contribution is 0.0663. The second-order valence-corrected chi connectivity index (χ2v) is 11.8. The van der Waals surface area contributed by atoms with Crippen molar-refractivity contribution in [3.8, 4) is 34.7 Å². The molecule has 3 aromatic heterocycles. The van der Waals surface area contributed by atoms with Crippen LogP contribution in [0.4, 0.5) is 0 Å². The van der Waals surface area contributed by atoms with Crippen LogP contribution in [0.3, 0.4) is 0 Å². The van der Waals surface area contributed by atoms with E-state index in [-0.39, 0.29) is 43.8 Å². The zero-order chi connectivity index (χ0) is 33.4. The van der Waals surface area contributed by atoms with Gasteiger partial charge in [0.15, 0.2) is 17.3 Å². The normalized spacial score (nSPS) is 11.7. The third-order valence-electron chi connectivity index (χ3n) is 6.67. The molecule has 13 nitrogen and oxygen atoms in total. The first-order valence-corrected chi connectivity index (χ1v) is 16.3. The van der Waals surface area contributed by atoms with Crippen molar-refractivity contribution in [1.29, 1.82) is 0 Å². The Balaban J connectivity index is 1.30. The van der Waals surface area contributed by atoms with Gasteiger partial charge in [0.25, 0.3) is 5.89 Å². The predicted octanol–water partition coefficient (Wildman–Crippen LogP) is 7.53. The van der Waals surface area contributed by atoms with E-state index in [0.717, 1.165) is 11.3 Å². The zero-order valence-corrected chi connectivity index (χ0v) is 27.1. The fourth-order valence-corrected chi connectivity index (χ4v) is 5.73. The molecule has 3 heterocycles. The first kappa shape index (κ1) is 33.3. The van der Waals surface area contributed by atoms with Crippen LogP contribution in [0.25, 0.3) is 23.4 Å². The summed E-state index contributed by atoms with van der Waals surface area (Å²) in [7, 11) is -1.92. The van der Waals surface area contributed by atoms with E-state index in [1.165, 1.54) is 25.1 Å². The molecular formula is C33H34N3O10P. The number of benzene rings is 2. The number of hydrogen-bond acceptors (Lipinski definition) is 11. The highest BCUT2D eigenvalue weighted by Crippen LogP contribution is 2.50. The summed E-state index contributed by atoms with van der Waals surface area (Å²) in [6, 6.07) is 17.7. The number of carboxylic acid groups (broad SMARTS) is 1. The molecule has 246 valence electrons. The Morgan fingerprint density at radius 1 is 0.979 bits per heavy atom. The first-order valence-electron chi connectivity index (χ1n) is 14.7. The smallest absolute Gasteiger partial charge is 0.371 e. The number of carbonyl (C=O) groups is 1. The molecule has 2 aromatic carbocycles.